The second kappa shape index (κ2) is 4.16. The molecule has 0 bridgehead atoms. The zero-order valence-electron chi connectivity index (χ0n) is 9.74. The molecule has 19 heavy (non-hydrogen) atoms. The van der Waals surface area contributed by atoms with Gasteiger partial charge >= 0.3 is 6.03 Å². The summed E-state index contributed by atoms with van der Waals surface area (Å²) in [7, 11) is 0. The van der Waals surface area contributed by atoms with Crippen molar-refractivity contribution in [3.8, 4) is 0 Å². The minimum Gasteiger partial charge on any atom is -0.298 e. The second-order valence-corrected chi connectivity index (χ2v) is 4.06. The Morgan fingerprint density at radius 2 is 2.21 bits per heavy atom. The van der Waals surface area contributed by atoms with Crippen LogP contribution in [-0.4, -0.2) is 39.4 Å². The van der Waals surface area contributed by atoms with E-state index in [0.29, 0.717) is 23.2 Å². The number of carbonyl (C=O) groups excluding carboxylic acids is 3. The summed E-state index contributed by atoms with van der Waals surface area (Å²) in [4.78, 5) is 39.3. The van der Waals surface area contributed by atoms with Crippen molar-refractivity contribution in [2.45, 2.75) is 6.42 Å². The van der Waals surface area contributed by atoms with Crippen molar-refractivity contribution in [3.63, 3.8) is 0 Å². The van der Waals surface area contributed by atoms with Crippen molar-refractivity contribution in [1.29, 1.82) is 0 Å². The van der Waals surface area contributed by atoms with E-state index in [4.69, 9.17) is 0 Å². The molecule has 96 valence electrons. The van der Waals surface area contributed by atoms with Gasteiger partial charge in [0.05, 0.1) is 5.69 Å². The SMILES string of the molecule is O=Cc1cc(N2CCC(=O)NC2=O)c2ncnn2c1. The van der Waals surface area contributed by atoms with Gasteiger partial charge in [0, 0.05) is 24.7 Å². The Balaban J connectivity index is 2.13. The van der Waals surface area contributed by atoms with Gasteiger partial charge in [0.2, 0.25) is 5.91 Å². The Kier molecular flexibility index (Phi) is 2.48. The lowest BCUT2D eigenvalue weighted by atomic mass is 10.2. The number of aromatic nitrogens is 3. The molecule has 0 atom stereocenters. The second-order valence-electron chi connectivity index (χ2n) is 4.06. The Morgan fingerprint density at radius 1 is 1.37 bits per heavy atom. The summed E-state index contributed by atoms with van der Waals surface area (Å²) in [5.74, 6) is -0.315. The topological polar surface area (TPSA) is 96.7 Å². The number of nitrogens with one attached hydrogen (secondary N) is 1. The van der Waals surface area contributed by atoms with Gasteiger partial charge in [0.1, 0.15) is 6.33 Å². The fourth-order valence-electron chi connectivity index (χ4n) is 1.99. The highest BCUT2D eigenvalue weighted by molar-refractivity contribution is 6.07. The molecule has 0 saturated carbocycles. The molecule has 0 aliphatic carbocycles. The highest BCUT2D eigenvalue weighted by Gasteiger charge is 2.26. The maximum absolute atomic E-state index is 11.8. The van der Waals surface area contributed by atoms with Gasteiger partial charge in [-0.1, -0.05) is 0 Å². The molecule has 2 aromatic heterocycles. The molecule has 0 radical (unpaired) electrons. The number of amides is 3. The van der Waals surface area contributed by atoms with Gasteiger partial charge < -0.3 is 0 Å². The number of hydrogen-bond acceptors (Lipinski definition) is 5. The normalized spacial score (nSPS) is 15.7. The minimum atomic E-state index is -0.524. The number of nitrogens with zero attached hydrogens (tertiary/aromatic N) is 4. The maximum atomic E-state index is 11.8. The van der Waals surface area contributed by atoms with Crippen molar-refractivity contribution in [2.75, 3.05) is 11.4 Å². The molecule has 1 saturated heterocycles. The van der Waals surface area contributed by atoms with Crippen LogP contribution in [0.3, 0.4) is 0 Å². The van der Waals surface area contributed by atoms with Crippen LogP contribution < -0.4 is 10.2 Å². The number of imide groups is 1. The Hall–Kier alpha value is -2.77. The highest BCUT2D eigenvalue weighted by atomic mass is 16.2. The fourth-order valence-corrected chi connectivity index (χ4v) is 1.99. The molecule has 1 aliphatic heterocycles. The molecular weight excluding hydrogens is 250 g/mol. The lowest BCUT2D eigenvalue weighted by molar-refractivity contribution is -0.120. The first-order valence-electron chi connectivity index (χ1n) is 5.59. The molecule has 1 fully saturated rings. The zero-order chi connectivity index (χ0) is 13.4. The number of rotatable bonds is 2. The monoisotopic (exact) mass is 259 g/mol. The standard InChI is InChI=1S/C11H9N5O3/c17-5-7-3-8(10-12-6-13-16(10)4-7)15-2-1-9(18)14-11(15)19/h3-6H,1-2H2,(H,14,18,19). The average molecular weight is 259 g/mol. The van der Waals surface area contributed by atoms with Crippen LogP contribution >= 0.6 is 0 Å². The maximum Gasteiger partial charge on any atom is 0.328 e. The summed E-state index contributed by atoms with van der Waals surface area (Å²) in [5.41, 5.74) is 1.28. The number of fused-ring (bicyclic) bond motifs is 1. The predicted molar refractivity (Wildman–Crippen MR) is 63.9 cm³/mol. The van der Waals surface area contributed by atoms with Gasteiger partial charge in [0.15, 0.2) is 11.9 Å². The molecule has 8 nitrogen and oxygen atoms in total. The van der Waals surface area contributed by atoms with Crippen molar-refractivity contribution < 1.29 is 14.4 Å². The van der Waals surface area contributed by atoms with Crippen molar-refractivity contribution in [3.05, 3.63) is 24.2 Å². The summed E-state index contributed by atoms with van der Waals surface area (Å²) in [6.45, 7) is 0.246. The average Bonchev–Trinajstić information content (AvgIpc) is 2.86. The van der Waals surface area contributed by atoms with E-state index >= 15 is 0 Å². The molecule has 0 unspecified atom stereocenters. The molecule has 8 heteroatoms. The van der Waals surface area contributed by atoms with Gasteiger partial charge in [-0.25, -0.2) is 14.3 Å². The minimum absolute atomic E-state index is 0.206. The van der Waals surface area contributed by atoms with Crippen LogP contribution in [0, 0.1) is 0 Å². The molecule has 1 N–H and O–H groups in total. The Morgan fingerprint density at radius 3 is 2.95 bits per heavy atom. The molecule has 0 aromatic carbocycles. The smallest absolute Gasteiger partial charge is 0.298 e. The lowest BCUT2D eigenvalue weighted by Crippen LogP contribution is -2.49. The first-order valence-corrected chi connectivity index (χ1v) is 5.59. The highest BCUT2D eigenvalue weighted by Crippen LogP contribution is 2.22. The van der Waals surface area contributed by atoms with Crippen LogP contribution in [0.4, 0.5) is 10.5 Å². The van der Waals surface area contributed by atoms with Crippen LogP contribution in [0.1, 0.15) is 16.8 Å². The van der Waals surface area contributed by atoms with E-state index in [-0.39, 0.29) is 18.9 Å². The summed E-state index contributed by atoms with van der Waals surface area (Å²) < 4.78 is 1.42. The van der Waals surface area contributed by atoms with Crippen LogP contribution in [0.25, 0.3) is 5.65 Å². The van der Waals surface area contributed by atoms with Crippen LogP contribution in [0.15, 0.2) is 18.6 Å². The van der Waals surface area contributed by atoms with Crippen molar-refractivity contribution >= 4 is 29.6 Å². The van der Waals surface area contributed by atoms with E-state index in [1.165, 1.54) is 21.9 Å². The number of urea groups is 1. The van der Waals surface area contributed by atoms with E-state index in [1.54, 1.807) is 6.07 Å². The van der Waals surface area contributed by atoms with Crippen molar-refractivity contribution in [1.82, 2.24) is 19.9 Å². The lowest BCUT2D eigenvalue weighted by Gasteiger charge is -2.26. The number of aldehydes is 1. The molecule has 3 amide bonds. The molecule has 1 aliphatic rings. The van der Waals surface area contributed by atoms with Gasteiger partial charge in [0.25, 0.3) is 0 Å². The number of hydrogen-bond donors (Lipinski definition) is 1. The van der Waals surface area contributed by atoms with E-state index in [9.17, 15) is 14.4 Å². The largest absolute Gasteiger partial charge is 0.328 e. The Labute approximate surface area is 107 Å². The first kappa shape index (κ1) is 11.3. The molecule has 3 heterocycles. The zero-order valence-corrected chi connectivity index (χ0v) is 9.74. The molecule has 0 spiro atoms. The summed E-state index contributed by atoms with van der Waals surface area (Å²) in [6, 6.07) is 1.02. The van der Waals surface area contributed by atoms with Gasteiger partial charge in [-0.3, -0.25) is 19.8 Å². The quantitative estimate of drug-likeness (QED) is 0.765. The van der Waals surface area contributed by atoms with Gasteiger partial charge in [-0.05, 0) is 6.07 Å². The third-order valence-corrected chi connectivity index (χ3v) is 2.86. The van der Waals surface area contributed by atoms with Crippen LogP contribution in [0.5, 0.6) is 0 Å². The Bertz CT molecular complexity index is 693. The third-order valence-electron chi connectivity index (χ3n) is 2.86. The number of pyridine rings is 1. The molecular formula is C11H9N5O3. The molecule has 3 rings (SSSR count). The van der Waals surface area contributed by atoms with E-state index in [0.717, 1.165) is 0 Å². The van der Waals surface area contributed by atoms with Crippen molar-refractivity contribution in [2.24, 2.45) is 0 Å². The number of anilines is 1. The van der Waals surface area contributed by atoms with E-state index in [1.807, 2.05) is 0 Å². The summed E-state index contributed by atoms with van der Waals surface area (Å²) in [5, 5.41) is 6.17. The number of carbonyl (C=O) groups is 3. The molecule has 2 aromatic rings. The van der Waals surface area contributed by atoms with Crippen LogP contribution in [-0.2, 0) is 4.79 Å². The van der Waals surface area contributed by atoms with Gasteiger partial charge in [-0.2, -0.15) is 5.10 Å². The van der Waals surface area contributed by atoms with Crippen LogP contribution in [0.2, 0.25) is 0 Å². The summed E-state index contributed by atoms with van der Waals surface area (Å²) in [6.07, 6.45) is 3.72. The first-order chi connectivity index (χ1) is 9.19. The third kappa shape index (κ3) is 1.82. The summed E-state index contributed by atoms with van der Waals surface area (Å²) >= 11 is 0. The van der Waals surface area contributed by atoms with E-state index in [2.05, 4.69) is 15.4 Å². The fraction of sp³-hybridized carbons (Fsp3) is 0.182. The van der Waals surface area contributed by atoms with Gasteiger partial charge in [-0.15, -0.1) is 0 Å². The van der Waals surface area contributed by atoms with E-state index < -0.39 is 6.03 Å². The predicted octanol–water partition coefficient (Wildman–Crippen LogP) is -0.0119.